The number of amides is 1. The Balaban J connectivity index is 2.12. The molecule has 18 heavy (non-hydrogen) atoms. The molecule has 1 amide bonds. The van der Waals surface area contributed by atoms with E-state index in [1.165, 1.54) is 11.3 Å². The summed E-state index contributed by atoms with van der Waals surface area (Å²) in [6.07, 6.45) is 0.271. The largest absolute Gasteiger partial charge is 0.324 e. The van der Waals surface area contributed by atoms with Gasteiger partial charge in [-0.3, -0.25) is 4.79 Å². The van der Waals surface area contributed by atoms with Gasteiger partial charge in [-0.2, -0.15) is 0 Å². The minimum atomic E-state index is -0.102. The van der Waals surface area contributed by atoms with Gasteiger partial charge >= 0.3 is 0 Å². The van der Waals surface area contributed by atoms with E-state index in [0.717, 1.165) is 16.8 Å². The van der Waals surface area contributed by atoms with Crippen LogP contribution in [-0.2, 0) is 11.2 Å². The number of nitrogens with one attached hydrogen (secondary N) is 1. The summed E-state index contributed by atoms with van der Waals surface area (Å²) >= 11 is 7.61. The molecule has 1 N–H and O–H groups in total. The number of aromatic nitrogens is 1. The van der Waals surface area contributed by atoms with Crippen LogP contribution in [0.15, 0.2) is 23.0 Å². The van der Waals surface area contributed by atoms with Gasteiger partial charge in [0.05, 0.1) is 28.3 Å². The van der Waals surface area contributed by atoms with E-state index >= 15 is 0 Å². The summed E-state index contributed by atoms with van der Waals surface area (Å²) in [5.74, 6) is -0.102. The van der Waals surface area contributed by atoms with Crippen molar-refractivity contribution < 1.29 is 4.79 Å². The van der Waals surface area contributed by atoms with Gasteiger partial charge < -0.3 is 5.32 Å². The number of carbonyl (C=O) groups excluding carboxylic acids is 1. The van der Waals surface area contributed by atoms with Crippen LogP contribution >= 0.6 is 22.9 Å². The molecule has 1 aromatic heterocycles. The average molecular weight is 281 g/mol. The van der Waals surface area contributed by atoms with E-state index in [0.29, 0.717) is 10.7 Å². The summed E-state index contributed by atoms with van der Waals surface area (Å²) in [5.41, 5.74) is 5.22. The summed E-state index contributed by atoms with van der Waals surface area (Å²) in [7, 11) is 0. The molecule has 0 saturated heterocycles. The molecule has 1 heterocycles. The third-order valence-corrected chi connectivity index (χ3v) is 3.45. The summed E-state index contributed by atoms with van der Waals surface area (Å²) < 4.78 is 0. The molecule has 5 heteroatoms. The second kappa shape index (κ2) is 5.50. The number of hydrogen-bond donors (Lipinski definition) is 1. The van der Waals surface area contributed by atoms with Gasteiger partial charge in [0.15, 0.2) is 0 Å². The lowest BCUT2D eigenvalue weighted by Crippen LogP contribution is -2.15. The molecule has 0 bridgehead atoms. The minimum absolute atomic E-state index is 0.102. The predicted octanol–water partition coefficient (Wildman–Crippen LogP) is 3.59. The van der Waals surface area contributed by atoms with Gasteiger partial charge in [-0.1, -0.05) is 17.7 Å². The molecule has 2 rings (SSSR count). The van der Waals surface area contributed by atoms with Crippen molar-refractivity contribution in [3.8, 4) is 0 Å². The first-order valence-electron chi connectivity index (χ1n) is 5.50. The summed E-state index contributed by atoms with van der Waals surface area (Å²) in [6, 6.07) is 3.83. The molecule has 2 aromatic rings. The fourth-order valence-corrected chi connectivity index (χ4v) is 2.67. The van der Waals surface area contributed by atoms with Gasteiger partial charge in [-0.25, -0.2) is 4.98 Å². The third kappa shape index (κ3) is 3.09. The van der Waals surface area contributed by atoms with Gasteiger partial charge in [0.2, 0.25) is 5.91 Å². The van der Waals surface area contributed by atoms with Crippen LogP contribution in [0.25, 0.3) is 0 Å². The zero-order valence-electron chi connectivity index (χ0n) is 10.2. The molecule has 0 fully saturated rings. The average Bonchev–Trinajstić information content (AvgIpc) is 2.76. The van der Waals surface area contributed by atoms with E-state index in [2.05, 4.69) is 10.3 Å². The second-order valence-corrected chi connectivity index (χ2v) is 5.27. The van der Waals surface area contributed by atoms with Gasteiger partial charge in [0.25, 0.3) is 0 Å². The Morgan fingerprint density at radius 2 is 2.22 bits per heavy atom. The quantitative estimate of drug-likeness (QED) is 0.933. The van der Waals surface area contributed by atoms with Crippen molar-refractivity contribution in [2.24, 2.45) is 0 Å². The summed E-state index contributed by atoms with van der Waals surface area (Å²) in [4.78, 5) is 15.9. The summed E-state index contributed by atoms with van der Waals surface area (Å²) in [6.45, 7) is 3.90. The molecular formula is C13H13ClN2OS. The molecule has 94 valence electrons. The van der Waals surface area contributed by atoms with Crippen molar-refractivity contribution in [2.75, 3.05) is 5.32 Å². The van der Waals surface area contributed by atoms with Crippen LogP contribution in [0, 0.1) is 13.8 Å². The molecule has 0 aliphatic heterocycles. The van der Waals surface area contributed by atoms with Crippen molar-refractivity contribution in [1.82, 2.24) is 4.98 Å². The minimum Gasteiger partial charge on any atom is -0.324 e. The van der Waals surface area contributed by atoms with Crippen LogP contribution in [-0.4, -0.2) is 10.9 Å². The van der Waals surface area contributed by atoms with Crippen LogP contribution in [0.5, 0.6) is 0 Å². The number of aryl methyl sites for hydroxylation is 2. The Bertz CT molecular complexity index is 543. The zero-order valence-corrected chi connectivity index (χ0v) is 11.7. The van der Waals surface area contributed by atoms with E-state index in [1.807, 2.05) is 31.4 Å². The first-order valence-corrected chi connectivity index (χ1v) is 6.82. The first-order chi connectivity index (χ1) is 8.56. The molecule has 3 nitrogen and oxygen atoms in total. The maximum atomic E-state index is 11.9. The molecule has 0 saturated carbocycles. The van der Waals surface area contributed by atoms with Crippen LogP contribution < -0.4 is 5.32 Å². The maximum absolute atomic E-state index is 11.9. The number of thiazole rings is 1. The van der Waals surface area contributed by atoms with E-state index < -0.39 is 0 Å². The Kier molecular flexibility index (Phi) is 3.99. The van der Waals surface area contributed by atoms with E-state index in [-0.39, 0.29) is 12.3 Å². The monoisotopic (exact) mass is 280 g/mol. The lowest BCUT2D eigenvalue weighted by Gasteiger charge is -2.11. The Hall–Kier alpha value is -1.39. The van der Waals surface area contributed by atoms with E-state index in [9.17, 15) is 4.79 Å². The highest BCUT2D eigenvalue weighted by molar-refractivity contribution is 7.07. The first kappa shape index (κ1) is 13.1. The SMILES string of the molecule is Cc1cc(C)c(NC(=O)Cc2cscn2)c(Cl)c1. The highest BCUT2D eigenvalue weighted by atomic mass is 35.5. The molecule has 0 radical (unpaired) electrons. The Morgan fingerprint density at radius 3 is 2.83 bits per heavy atom. The zero-order chi connectivity index (χ0) is 13.1. The van der Waals surface area contributed by atoms with E-state index in [4.69, 9.17) is 11.6 Å². The normalized spacial score (nSPS) is 10.4. The van der Waals surface area contributed by atoms with Gasteiger partial charge in [0, 0.05) is 5.38 Å². The Labute approximate surface area is 115 Å². The van der Waals surface area contributed by atoms with Crippen molar-refractivity contribution in [3.05, 3.63) is 44.9 Å². The number of benzene rings is 1. The fraction of sp³-hybridized carbons (Fsp3) is 0.231. The molecular weight excluding hydrogens is 268 g/mol. The van der Waals surface area contributed by atoms with Crippen molar-refractivity contribution >= 4 is 34.5 Å². The topological polar surface area (TPSA) is 42.0 Å². The number of halogens is 1. The van der Waals surface area contributed by atoms with Crippen LogP contribution in [0.1, 0.15) is 16.8 Å². The number of rotatable bonds is 3. The number of nitrogens with zero attached hydrogens (tertiary/aromatic N) is 1. The maximum Gasteiger partial charge on any atom is 0.230 e. The molecule has 0 aliphatic rings. The highest BCUT2D eigenvalue weighted by Gasteiger charge is 2.10. The fourth-order valence-electron chi connectivity index (χ4n) is 1.75. The number of anilines is 1. The molecule has 0 aliphatic carbocycles. The Morgan fingerprint density at radius 1 is 1.44 bits per heavy atom. The molecule has 0 atom stereocenters. The standard InChI is InChI=1S/C13H13ClN2OS/c1-8-3-9(2)13(11(14)4-8)16-12(17)5-10-6-18-7-15-10/h3-4,6-7H,5H2,1-2H3,(H,16,17). The van der Waals surface area contributed by atoms with Gasteiger partial charge in [-0.15, -0.1) is 11.3 Å². The number of carbonyl (C=O) groups is 1. The number of hydrogen-bond acceptors (Lipinski definition) is 3. The van der Waals surface area contributed by atoms with Crippen LogP contribution in [0.2, 0.25) is 5.02 Å². The van der Waals surface area contributed by atoms with Crippen molar-refractivity contribution in [2.45, 2.75) is 20.3 Å². The molecule has 0 spiro atoms. The molecule has 1 aromatic carbocycles. The smallest absolute Gasteiger partial charge is 0.230 e. The van der Waals surface area contributed by atoms with Crippen LogP contribution in [0.4, 0.5) is 5.69 Å². The predicted molar refractivity (Wildman–Crippen MR) is 75.4 cm³/mol. The third-order valence-electron chi connectivity index (χ3n) is 2.52. The highest BCUT2D eigenvalue weighted by Crippen LogP contribution is 2.27. The van der Waals surface area contributed by atoms with Crippen LogP contribution in [0.3, 0.4) is 0 Å². The second-order valence-electron chi connectivity index (χ2n) is 4.14. The van der Waals surface area contributed by atoms with Crippen molar-refractivity contribution in [3.63, 3.8) is 0 Å². The van der Waals surface area contributed by atoms with Gasteiger partial charge in [0.1, 0.15) is 0 Å². The summed E-state index contributed by atoms with van der Waals surface area (Å²) in [5, 5.41) is 5.27. The lowest BCUT2D eigenvalue weighted by atomic mass is 10.1. The molecule has 0 unspecified atom stereocenters. The van der Waals surface area contributed by atoms with Gasteiger partial charge in [-0.05, 0) is 31.0 Å². The lowest BCUT2D eigenvalue weighted by molar-refractivity contribution is -0.115. The van der Waals surface area contributed by atoms with Crippen molar-refractivity contribution in [1.29, 1.82) is 0 Å². The van der Waals surface area contributed by atoms with E-state index in [1.54, 1.807) is 5.51 Å².